The van der Waals surface area contributed by atoms with Gasteiger partial charge < -0.3 is 10.2 Å². The second-order valence-corrected chi connectivity index (χ2v) is 12.6. The van der Waals surface area contributed by atoms with Gasteiger partial charge in [-0.1, -0.05) is 49.4 Å². The number of para-hydroxylation sites is 1. The highest BCUT2D eigenvalue weighted by molar-refractivity contribution is 7.92. The zero-order valence-electron chi connectivity index (χ0n) is 23.1. The Morgan fingerprint density at radius 3 is 2.11 bits per heavy atom. The van der Waals surface area contributed by atoms with Crippen molar-refractivity contribution in [3.8, 4) is 0 Å². The summed E-state index contributed by atoms with van der Waals surface area (Å²) in [7, 11) is -3.50. The molecule has 4 rings (SSSR count). The lowest BCUT2D eigenvalue weighted by Crippen LogP contribution is -2.32. The molecule has 3 aromatic carbocycles. The number of carbonyl (C=O) groups is 1. The van der Waals surface area contributed by atoms with Gasteiger partial charge in [-0.15, -0.1) is 0 Å². The third kappa shape index (κ3) is 6.57. The highest BCUT2D eigenvalue weighted by Gasteiger charge is 2.22. The van der Waals surface area contributed by atoms with Gasteiger partial charge in [0.25, 0.3) is 5.91 Å². The van der Waals surface area contributed by atoms with E-state index >= 15 is 0 Å². The van der Waals surface area contributed by atoms with E-state index in [0.29, 0.717) is 11.3 Å². The predicted molar refractivity (Wildman–Crippen MR) is 156 cm³/mol. The van der Waals surface area contributed by atoms with E-state index in [4.69, 9.17) is 0 Å². The molecule has 1 aliphatic heterocycles. The molecular formula is C31H39N3O3S. The number of aryl methyl sites for hydroxylation is 2. The van der Waals surface area contributed by atoms with Crippen LogP contribution >= 0.6 is 0 Å². The van der Waals surface area contributed by atoms with Gasteiger partial charge >= 0.3 is 0 Å². The number of amides is 1. The van der Waals surface area contributed by atoms with E-state index in [2.05, 4.69) is 41.4 Å². The van der Waals surface area contributed by atoms with Gasteiger partial charge in [-0.2, -0.15) is 0 Å². The van der Waals surface area contributed by atoms with Crippen molar-refractivity contribution in [2.75, 3.05) is 28.6 Å². The smallest absolute Gasteiger partial charge is 0.251 e. The fourth-order valence-electron chi connectivity index (χ4n) is 5.09. The van der Waals surface area contributed by atoms with E-state index in [0.717, 1.165) is 41.3 Å². The molecule has 202 valence electrons. The van der Waals surface area contributed by atoms with Crippen molar-refractivity contribution >= 4 is 27.3 Å². The van der Waals surface area contributed by atoms with Gasteiger partial charge in [0.2, 0.25) is 10.0 Å². The highest BCUT2D eigenvalue weighted by atomic mass is 32.2. The molecule has 38 heavy (non-hydrogen) atoms. The van der Waals surface area contributed by atoms with Crippen LogP contribution in [-0.2, 0) is 16.6 Å². The predicted octanol–water partition coefficient (Wildman–Crippen LogP) is 6.00. The van der Waals surface area contributed by atoms with Gasteiger partial charge in [-0.05, 0) is 86.1 Å². The zero-order valence-corrected chi connectivity index (χ0v) is 23.9. The Hall–Kier alpha value is -3.32. The van der Waals surface area contributed by atoms with Gasteiger partial charge in [0.1, 0.15) is 0 Å². The molecule has 0 unspecified atom stereocenters. The first kappa shape index (κ1) is 27.7. The lowest BCUT2D eigenvalue weighted by molar-refractivity contribution is 0.0940. The van der Waals surface area contributed by atoms with Gasteiger partial charge in [-0.3, -0.25) is 9.10 Å². The molecule has 0 radical (unpaired) electrons. The summed E-state index contributed by atoms with van der Waals surface area (Å²) in [6, 6.07) is 21.2. The highest BCUT2D eigenvalue weighted by Crippen LogP contribution is 2.29. The van der Waals surface area contributed by atoms with Crippen LogP contribution in [-0.4, -0.2) is 33.7 Å². The maximum absolute atomic E-state index is 13.0. The number of benzene rings is 3. The van der Waals surface area contributed by atoms with E-state index < -0.39 is 10.0 Å². The molecule has 0 aromatic heterocycles. The van der Waals surface area contributed by atoms with Crippen LogP contribution < -0.4 is 14.5 Å². The van der Waals surface area contributed by atoms with E-state index in [1.807, 2.05) is 51.1 Å². The van der Waals surface area contributed by atoms with Crippen molar-refractivity contribution in [3.05, 3.63) is 94.5 Å². The van der Waals surface area contributed by atoms with Gasteiger partial charge in [-0.25, -0.2) is 8.42 Å². The molecule has 0 aliphatic carbocycles. The number of hydrogen-bond donors (Lipinski definition) is 1. The molecule has 1 atom stereocenters. The fraction of sp³-hybridized carbons (Fsp3) is 0.387. The molecule has 1 saturated heterocycles. The number of sulfonamides is 1. The maximum atomic E-state index is 13.0. The normalized spacial score (nSPS) is 15.2. The van der Waals surface area contributed by atoms with Crippen LogP contribution in [0.4, 0.5) is 11.4 Å². The Bertz CT molecular complexity index is 1340. The van der Waals surface area contributed by atoms with Crippen molar-refractivity contribution in [2.45, 2.75) is 53.1 Å². The minimum absolute atomic E-state index is 0.137. The Kier molecular flexibility index (Phi) is 8.46. The molecule has 1 N–H and O–H groups in total. The van der Waals surface area contributed by atoms with E-state index in [1.165, 1.54) is 29.1 Å². The standard InChI is InChI=1S/C31H39N3O3S/c1-22-17-19-33(20-18-22)29-15-13-27(14-16-29)25(4)32-31(35)28-11-9-26(10-12-28)21-34(38(5,36)37)30-23(2)7-6-8-24(30)3/h6-16,22,25H,17-21H2,1-5H3,(H,32,35)/t25-/m0/s1. The third-order valence-corrected chi connectivity index (χ3v) is 8.63. The van der Waals surface area contributed by atoms with Gasteiger partial charge in [0.15, 0.2) is 0 Å². The van der Waals surface area contributed by atoms with Crippen LogP contribution in [0.2, 0.25) is 0 Å². The van der Waals surface area contributed by atoms with Crippen LogP contribution in [0.1, 0.15) is 65.3 Å². The summed E-state index contributed by atoms with van der Waals surface area (Å²) >= 11 is 0. The van der Waals surface area contributed by atoms with Crippen LogP contribution in [0, 0.1) is 19.8 Å². The molecule has 1 heterocycles. The Morgan fingerprint density at radius 2 is 1.55 bits per heavy atom. The number of anilines is 2. The molecule has 0 spiro atoms. The fourth-order valence-corrected chi connectivity index (χ4v) is 6.10. The van der Waals surface area contributed by atoms with Crippen LogP contribution in [0.25, 0.3) is 0 Å². The molecule has 1 fully saturated rings. The summed E-state index contributed by atoms with van der Waals surface area (Å²) in [4.78, 5) is 15.4. The maximum Gasteiger partial charge on any atom is 0.251 e. The molecular weight excluding hydrogens is 494 g/mol. The Balaban J connectivity index is 1.41. The number of nitrogens with one attached hydrogen (secondary N) is 1. The topological polar surface area (TPSA) is 69.7 Å². The lowest BCUT2D eigenvalue weighted by Gasteiger charge is -2.32. The summed E-state index contributed by atoms with van der Waals surface area (Å²) in [5.74, 6) is 0.638. The van der Waals surface area contributed by atoms with Crippen molar-refractivity contribution in [3.63, 3.8) is 0 Å². The summed E-state index contributed by atoms with van der Waals surface area (Å²) in [5.41, 5.74) is 6.15. The van der Waals surface area contributed by atoms with Crippen LogP contribution in [0.5, 0.6) is 0 Å². The van der Waals surface area contributed by atoms with Crippen molar-refractivity contribution in [1.82, 2.24) is 5.32 Å². The number of rotatable bonds is 8. The lowest BCUT2D eigenvalue weighted by atomic mass is 9.98. The van der Waals surface area contributed by atoms with Crippen LogP contribution in [0.15, 0.2) is 66.7 Å². The first-order chi connectivity index (χ1) is 18.0. The average Bonchev–Trinajstić information content (AvgIpc) is 2.88. The SMILES string of the molecule is Cc1cccc(C)c1N(Cc1ccc(C(=O)N[C@@H](C)c2ccc(N3CCC(C)CC3)cc2)cc1)S(C)(=O)=O. The van der Waals surface area contributed by atoms with Gasteiger partial charge in [0.05, 0.1) is 24.5 Å². The molecule has 6 nitrogen and oxygen atoms in total. The average molecular weight is 534 g/mol. The van der Waals surface area contributed by atoms with Crippen molar-refractivity contribution < 1.29 is 13.2 Å². The van der Waals surface area contributed by atoms with E-state index in [-0.39, 0.29) is 18.5 Å². The first-order valence-electron chi connectivity index (χ1n) is 13.3. The number of piperidine rings is 1. The molecule has 0 saturated carbocycles. The quantitative estimate of drug-likeness (QED) is 0.386. The Morgan fingerprint density at radius 1 is 0.974 bits per heavy atom. The first-order valence-corrected chi connectivity index (χ1v) is 15.2. The molecule has 1 amide bonds. The second-order valence-electron chi connectivity index (χ2n) is 10.7. The zero-order chi connectivity index (χ0) is 27.4. The van der Waals surface area contributed by atoms with E-state index in [9.17, 15) is 13.2 Å². The monoisotopic (exact) mass is 533 g/mol. The minimum Gasteiger partial charge on any atom is -0.372 e. The largest absolute Gasteiger partial charge is 0.372 e. The summed E-state index contributed by atoms with van der Waals surface area (Å²) in [6.45, 7) is 10.5. The number of hydrogen-bond acceptors (Lipinski definition) is 4. The molecule has 0 bridgehead atoms. The molecule has 1 aliphatic rings. The molecule has 7 heteroatoms. The summed E-state index contributed by atoms with van der Waals surface area (Å²) in [5, 5.41) is 3.08. The number of nitrogens with zero attached hydrogens (tertiary/aromatic N) is 2. The summed E-state index contributed by atoms with van der Waals surface area (Å²) < 4.78 is 26.7. The second kappa shape index (κ2) is 11.6. The Labute approximate surface area is 227 Å². The van der Waals surface area contributed by atoms with Crippen molar-refractivity contribution in [2.24, 2.45) is 5.92 Å². The van der Waals surface area contributed by atoms with Crippen molar-refractivity contribution in [1.29, 1.82) is 0 Å². The van der Waals surface area contributed by atoms with Crippen LogP contribution in [0.3, 0.4) is 0 Å². The van der Waals surface area contributed by atoms with Gasteiger partial charge in [0, 0.05) is 24.3 Å². The third-order valence-electron chi connectivity index (χ3n) is 7.52. The van der Waals surface area contributed by atoms with E-state index in [1.54, 1.807) is 12.1 Å². The molecule has 3 aromatic rings. The minimum atomic E-state index is -3.50. The summed E-state index contributed by atoms with van der Waals surface area (Å²) in [6.07, 6.45) is 3.68. The number of carbonyl (C=O) groups excluding carboxylic acids is 1.